The molecule has 2 atom stereocenters. The minimum Gasteiger partial charge on any atom is -0.487 e. The molecule has 1 N–H and O–H groups in total. The van der Waals surface area contributed by atoms with Crippen molar-refractivity contribution in [2.45, 2.75) is 25.4 Å². The Morgan fingerprint density at radius 3 is 2.84 bits per heavy atom. The molecule has 132 valence electrons. The summed E-state index contributed by atoms with van der Waals surface area (Å²) in [4.78, 5) is 2.23. The maximum absolute atomic E-state index is 6.48. The maximum atomic E-state index is 6.48. The summed E-state index contributed by atoms with van der Waals surface area (Å²) in [5, 5.41) is 4.83. The van der Waals surface area contributed by atoms with Gasteiger partial charge in [0, 0.05) is 47.2 Å². The quantitative estimate of drug-likeness (QED) is 0.819. The van der Waals surface area contributed by atoms with Crippen LogP contribution in [0.2, 0.25) is 10.0 Å². The van der Waals surface area contributed by atoms with Crippen LogP contribution in [0.15, 0.2) is 30.3 Å². The minimum atomic E-state index is 0.274. The number of hydrogen-bond donors (Lipinski definition) is 1. The van der Waals surface area contributed by atoms with E-state index in [1.165, 1.54) is 5.56 Å². The Morgan fingerprint density at radius 2 is 2.08 bits per heavy atom. The number of anilines is 1. The van der Waals surface area contributed by atoms with Gasteiger partial charge < -0.3 is 15.0 Å². The fraction of sp³-hybridized carbons (Fsp3) is 0.400. The first-order chi connectivity index (χ1) is 12.1. The number of piperidine rings is 1. The summed E-state index contributed by atoms with van der Waals surface area (Å²) in [7, 11) is 2.10. The average Bonchev–Trinajstić information content (AvgIpc) is 2.99. The first kappa shape index (κ1) is 17.0. The Balaban J connectivity index is 1.87. The van der Waals surface area contributed by atoms with E-state index in [9.17, 15) is 0 Å². The van der Waals surface area contributed by atoms with Gasteiger partial charge >= 0.3 is 0 Å². The molecule has 0 unspecified atom stereocenters. The Bertz CT molecular complexity index is 809. The first-order valence-corrected chi connectivity index (χ1v) is 9.56. The molecular weight excluding hydrogens is 355 g/mol. The Morgan fingerprint density at radius 1 is 1.24 bits per heavy atom. The first-order valence-electron chi connectivity index (χ1n) is 8.80. The standard InChI is InChI=1S/C20H22Cl2N2O/c1-3-24(2)18-9-12(14-5-4-13(21)10-17(14)22)8-15-16-11-23-7-6-19(16)25-20(15)18/h4-5,8-10,16,19,23H,3,6-7,11H2,1-2H3/t16-,19-/m0/s1. The fourth-order valence-electron chi connectivity index (χ4n) is 3.81. The summed E-state index contributed by atoms with van der Waals surface area (Å²) < 4.78 is 6.37. The van der Waals surface area contributed by atoms with Gasteiger partial charge in [-0.15, -0.1) is 0 Å². The van der Waals surface area contributed by atoms with Crippen LogP contribution >= 0.6 is 23.2 Å². The summed E-state index contributed by atoms with van der Waals surface area (Å²) >= 11 is 12.5. The zero-order valence-electron chi connectivity index (χ0n) is 14.5. The molecule has 5 heteroatoms. The largest absolute Gasteiger partial charge is 0.487 e. The summed E-state index contributed by atoms with van der Waals surface area (Å²) in [5.74, 6) is 1.44. The van der Waals surface area contributed by atoms with Gasteiger partial charge in [-0.3, -0.25) is 0 Å². The van der Waals surface area contributed by atoms with Crippen molar-refractivity contribution in [3.8, 4) is 16.9 Å². The molecule has 2 heterocycles. The fourth-order valence-corrected chi connectivity index (χ4v) is 4.33. The summed E-state index contributed by atoms with van der Waals surface area (Å²) in [6.45, 7) is 5.05. The third-order valence-electron chi connectivity index (χ3n) is 5.31. The van der Waals surface area contributed by atoms with E-state index >= 15 is 0 Å². The molecule has 0 saturated carbocycles. The third kappa shape index (κ3) is 2.99. The van der Waals surface area contributed by atoms with E-state index in [-0.39, 0.29) is 6.10 Å². The van der Waals surface area contributed by atoms with Gasteiger partial charge in [-0.1, -0.05) is 29.3 Å². The molecule has 0 aliphatic carbocycles. The van der Waals surface area contributed by atoms with Gasteiger partial charge in [0.25, 0.3) is 0 Å². The van der Waals surface area contributed by atoms with Crippen molar-refractivity contribution in [1.82, 2.24) is 5.32 Å². The van der Waals surface area contributed by atoms with Crippen LogP contribution in [0.1, 0.15) is 24.8 Å². The SMILES string of the molecule is CCN(C)c1cc(-c2ccc(Cl)cc2Cl)cc2c1O[C@H]1CCNC[C@@H]21. The number of halogens is 2. The molecule has 2 aromatic rings. The van der Waals surface area contributed by atoms with Gasteiger partial charge in [0.1, 0.15) is 11.9 Å². The number of nitrogens with one attached hydrogen (secondary N) is 1. The van der Waals surface area contributed by atoms with Crippen LogP contribution in [-0.4, -0.2) is 32.8 Å². The topological polar surface area (TPSA) is 24.5 Å². The van der Waals surface area contributed by atoms with Crippen LogP contribution in [0, 0.1) is 0 Å². The zero-order valence-corrected chi connectivity index (χ0v) is 16.0. The van der Waals surface area contributed by atoms with Crippen molar-refractivity contribution in [3.05, 3.63) is 45.9 Å². The van der Waals surface area contributed by atoms with Crippen LogP contribution in [-0.2, 0) is 0 Å². The summed E-state index contributed by atoms with van der Waals surface area (Å²) in [6.07, 6.45) is 1.32. The number of hydrogen-bond acceptors (Lipinski definition) is 3. The van der Waals surface area contributed by atoms with Gasteiger partial charge in [-0.05, 0) is 49.7 Å². The molecule has 0 bridgehead atoms. The van der Waals surface area contributed by atoms with E-state index in [4.69, 9.17) is 27.9 Å². The van der Waals surface area contributed by atoms with Crippen LogP contribution in [0.5, 0.6) is 5.75 Å². The number of nitrogens with zero attached hydrogens (tertiary/aromatic N) is 1. The highest BCUT2D eigenvalue weighted by Crippen LogP contribution is 2.48. The van der Waals surface area contributed by atoms with E-state index in [0.717, 1.165) is 48.6 Å². The molecule has 2 aliphatic rings. The van der Waals surface area contributed by atoms with Crippen molar-refractivity contribution in [3.63, 3.8) is 0 Å². The van der Waals surface area contributed by atoms with Crippen molar-refractivity contribution in [2.24, 2.45) is 0 Å². The van der Waals surface area contributed by atoms with Crippen molar-refractivity contribution in [2.75, 3.05) is 31.6 Å². The van der Waals surface area contributed by atoms with Gasteiger partial charge in [-0.2, -0.15) is 0 Å². The number of fused-ring (bicyclic) bond motifs is 3. The lowest BCUT2D eigenvalue weighted by Gasteiger charge is -2.25. The predicted molar refractivity (Wildman–Crippen MR) is 105 cm³/mol. The lowest BCUT2D eigenvalue weighted by atomic mass is 9.88. The van der Waals surface area contributed by atoms with E-state index < -0.39 is 0 Å². The van der Waals surface area contributed by atoms with Gasteiger partial charge in [0.15, 0.2) is 0 Å². The van der Waals surface area contributed by atoms with Gasteiger partial charge in [0.05, 0.1) is 5.69 Å². The van der Waals surface area contributed by atoms with Gasteiger partial charge in [0.2, 0.25) is 0 Å². The molecule has 2 aliphatic heterocycles. The van der Waals surface area contributed by atoms with Crippen molar-refractivity contribution >= 4 is 28.9 Å². The predicted octanol–water partition coefficient (Wildman–Crippen LogP) is 4.95. The lowest BCUT2D eigenvalue weighted by Crippen LogP contribution is -2.37. The molecule has 0 spiro atoms. The van der Waals surface area contributed by atoms with Crippen LogP contribution in [0.4, 0.5) is 5.69 Å². The lowest BCUT2D eigenvalue weighted by molar-refractivity contribution is 0.172. The molecule has 4 rings (SSSR count). The Kier molecular flexibility index (Phi) is 4.57. The highest BCUT2D eigenvalue weighted by atomic mass is 35.5. The summed E-state index contributed by atoms with van der Waals surface area (Å²) in [6, 6.07) is 10.1. The molecule has 25 heavy (non-hydrogen) atoms. The normalized spacial score (nSPS) is 21.4. The van der Waals surface area contributed by atoms with Gasteiger partial charge in [-0.25, -0.2) is 0 Å². The van der Waals surface area contributed by atoms with Crippen LogP contribution < -0.4 is 15.0 Å². The molecule has 0 amide bonds. The highest BCUT2D eigenvalue weighted by Gasteiger charge is 2.38. The number of ether oxygens (including phenoxy) is 1. The van der Waals surface area contributed by atoms with E-state index in [1.54, 1.807) is 6.07 Å². The number of benzene rings is 2. The van der Waals surface area contributed by atoms with Crippen LogP contribution in [0.3, 0.4) is 0 Å². The molecule has 0 radical (unpaired) electrons. The monoisotopic (exact) mass is 376 g/mol. The van der Waals surface area contributed by atoms with Crippen molar-refractivity contribution < 1.29 is 4.74 Å². The average molecular weight is 377 g/mol. The second-order valence-electron chi connectivity index (χ2n) is 6.81. The van der Waals surface area contributed by atoms with Crippen LogP contribution in [0.25, 0.3) is 11.1 Å². The van der Waals surface area contributed by atoms with Crippen molar-refractivity contribution in [1.29, 1.82) is 0 Å². The second-order valence-corrected chi connectivity index (χ2v) is 7.65. The number of rotatable bonds is 3. The zero-order chi connectivity index (χ0) is 17.6. The molecule has 0 aromatic heterocycles. The van der Waals surface area contributed by atoms with E-state index in [2.05, 4.69) is 36.3 Å². The molecular formula is C20H22Cl2N2O. The van der Waals surface area contributed by atoms with E-state index in [1.807, 2.05) is 12.1 Å². The Labute approximate surface area is 158 Å². The maximum Gasteiger partial charge on any atom is 0.146 e. The molecule has 1 saturated heterocycles. The summed E-state index contributed by atoms with van der Waals surface area (Å²) in [5.41, 5.74) is 4.55. The smallest absolute Gasteiger partial charge is 0.146 e. The second kappa shape index (κ2) is 6.71. The Hall–Kier alpha value is -1.42. The molecule has 1 fully saturated rings. The highest BCUT2D eigenvalue weighted by molar-refractivity contribution is 6.36. The molecule has 3 nitrogen and oxygen atoms in total. The minimum absolute atomic E-state index is 0.274. The molecule has 2 aromatic carbocycles. The third-order valence-corrected chi connectivity index (χ3v) is 5.86. The van der Waals surface area contributed by atoms with E-state index in [0.29, 0.717) is 16.0 Å².